The minimum Gasteiger partial charge on any atom is -0.306 e. The first-order valence-electron chi connectivity index (χ1n) is 8.89. The van der Waals surface area contributed by atoms with Crippen LogP contribution in [0.4, 0.5) is 11.5 Å². The van der Waals surface area contributed by atoms with Crippen molar-refractivity contribution < 1.29 is 9.72 Å². The van der Waals surface area contributed by atoms with Crippen LogP contribution in [0.25, 0.3) is 5.69 Å². The van der Waals surface area contributed by atoms with Gasteiger partial charge in [-0.2, -0.15) is 5.10 Å². The zero-order valence-corrected chi connectivity index (χ0v) is 16.3. The molecule has 1 amide bonds. The van der Waals surface area contributed by atoms with Gasteiger partial charge in [0.1, 0.15) is 5.82 Å². The third kappa shape index (κ3) is 3.93. The van der Waals surface area contributed by atoms with Gasteiger partial charge in [0.15, 0.2) is 0 Å². The summed E-state index contributed by atoms with van der Waals surface area (Å²) in [4.78, 5) is 23.0. The maximum Gasteiger partial charge on any atom is 0.269 e. The average molecular weight is 378 g/mol. The number of non-ortho nitro benzene ring substituents is 1. The number of nitro groups is 1. The molecule has 0 aliphatic heterocycles. The lowest BCUT2D eigenvalue weighted by Crippen LogP contribution is -2.15. The Bertz CT molecular complexity index is 1030. The first-order valence-corrected chi connectivity index (χ1v) is 8.89. The summed E-state index contributed by atoms with van der Waals surface area (Å²) in [6.45, 7) is 8.15. The molecule has 2 aromatic carbocycles. The predicted octanol–water partition coefficient (Wildman–Crippen LogP) is 4.64. The van der Waals surface area contributed by atoms with Crippen LogP contribution in [0.3, 0.4) is 0 Å². The maximum atomic E-state index is 12.7. The number of hydrogen-bond acceptors (Lipinski definition) is 4. The van der Waals surface area contributed by atoms with Crippen molar-refractivity contribution in [3.05, 3.63) is 81.5 Å². The van der Waals surface area contributed by atoms with Crippen LogP contribution < -0.4 is 5.32 Å². The number of benzene rings is 2. The number of hydrogen-bond donors (Lipinski definition) is 1. The second kappa shape index (κ2) is 7.26. The standard InChI is InChI=1S/C21H22N4O3/c1-14-7-5-6-8-17(14)24-19(13-18(23-24)21(2,3)4)22-20(26)15-9-11-16(12-10-15)25(27)28/h5-13H,1-4H3,(H,22,26). The van der Waals surface area contributed by atoms with E-state index in [2.05, 4.69) is 26.1 Å². The fourth-order valence-electron chi connectivity index (χ4n) is 2.74. The number of nitrogens with zero attached hydrogens (tertiary/aromatic N) is 3. The highest BCUT2D eigenvalue weighted by atomic mass is 16.6. The molecule has 7 heteroatoms. The lowest BCUT2D eigenvalue weighted by Gasteiger charge is -2.14. The number of carbonyl (C=O) groups excluding carboxylic acids is 1. The largest absolute Gasteiger partial charge is 0.306 e. The van der Waals surface area contributed by atoms with Crippen molar-refractivity contribution in [2.24, 2.45) is 0 Å². The van der Waals surface area contributed by atoms with Gasteiger partial charge in [-0.1, -0.05) is 39.0 Å². The van der Waals surface area contributed by atoms with Crippen LogP contribution in [0.2, 0.25) is 0 Å². The molecule has 0 saturated heterocycles. The fraction of sp³-hybridized carbons (Fsp3) is 0.238. The Morgan fingerprint density at radius 1 is 1.11 bits per heavy atom. The van der Waals surface area contributed by atoms with Crippen LogP contribution in [0.15, 0.2) is 54.6 Å². The summed E-state index contributed by atoms with van der Waals surface area (Å²) in [6, 6.07) is 15.1. The van der Waals surface area contributed by atoms with Gasteiger partial charge < -0.3 is 5.32 Å². The Morgan fingerprint density at radius 2 is 1.75 bits per heavy atom. The summed E-state index contributed by atoms with van der Waals surface area (Å²) in [7, 11) is 0. The Labute approximate surface area is 163 Å². The molecule has 0 bridgehead atoms. The van der Waals surface area contributed by atoms with E-state index < -0.39 is 4.92 Å². The molecule has 0 saturated carbocycles. The van der Waals surface area contributed by atoms with Gasteiger partial charge in [0, 0.05) is 29.2 Å². The quantitative estimate of drug-likeness (QED) is 0.529. The molecule has 0 aliphatic rings. The number of aryl methyl sites for hydroxylation is 1. The number of rotatable bonds is 4. The smallest absolute Gasteiger partial charge is 0.269 e. The molecule has 0 atom stereocenters. The van der Waals surface area contributed by atoms with E-state index in [1.54, 1.807) is 4.68 Å². The summed E-state index contributed by atoms with van der Waals surface area (Å²) >= 11 is 0. The lowest BCUT2D eigenvalue weighted by atomic mass is 9.92. The molecule has 28 heavy (non-hydrogen) atoms. The molecule has 1 heterocycles. The normalized spacial score (nSPS) is 11.3. The monoisotopic (exact) mass is 378 g/mol. The molecule has 0 spiro atoms. The summed E-state index contributed by atoms with van der Waals surface area (Å²) in [5, 5.41) is 18.4. The van der Waals surface area contributed by atoms with Crippen LogP contribution in [0, 0.1) is 17.0 Å². The molecule has 144 valence electrons. The Balaban J connectivity index is 1.98. The van der Waals surface area contributed by atoms with E-state index in [0.717, 1.165) is 16.9 Å². The molecule has 0 radical (unpaired) electrons. The zero-order valence-electron chi connectivity index (χ0n) is 16.3. The molecular formula is C21H22N4O3. The van der Waals surface area contributed by atoms with Gasteiger partial charge in [-0.25, -0.2) is 4.68 Å². The highest BCUT2D eigenvalue weighted by Gasteiger charge is 2.22. The Kier molecular flexibility index (Phi) is 5.00. The molecule has 3 rings (SSSR count). The van der Waals surface area contributed by atoms with Crippen molar-refractivity contribution >= 4 is 17.4 Å². The van der Waals surface area contributed by atoms with E-state index in [1.807, 2.05) is 37.3 Å². The second-order valence-electron chi connectivity index (χ2n) is 7.62. The first-order chi connectivity index (χ1) is 13.2. The molecule has 1 aromatic heterocycles. The molecular weight excluding hydrogens is 356 g/mol. The fourth-order valence-corrected chi connectivity index (χ4v) is 2.74. The van der Waals surface area contributed by atoms with E-state index >= 15 is 0 Å². The van der Waals surface area contributed by atoms with Gasteiger partial charge in [-0.3, -0.25) is 14.9 Å². The second-order valence-corrected chi connectivity index (χ2v) is 7.62. The van der Waals surface area contributed by atoms with Crippen LogP contribution in [-0.2, 0) is 5.41 Å². The topological polar surface area (TPSA) is 90.1 Å². The average Bonchev–Trinajstić information content (AvgIpc) is 3.06. The minimum absolute atomic E-state index is 0.0588. The Morgan fingerprint density at radius 3 is 2.32 bits per heavy atom. The predicted molar refractivity (Wildman–Crippen MR) is 108 cm³/mol. The number of aromatic nitrogens is 2. The van der Waals surface area contributed by atoms with E-state index in [4.69, 9.17) is 5.10 Å². The molecule has 7 nitrogen and oxygen atoms in total. The highest BCUT2D eigenvalue weighted by molar-refractivity contribution is 6.04. The summed E-state index contributed by atoms with van der Waals surface area (Å²) < 4.78 is 1.72. The molecule has 0 fully saturated rings. The summed E-state index contributed by atoms with van der Waals surface area (Å²) in [6.07, 6.45) is 0. The van der Waals surface area contributed by atoms with Gasteiger partial charge >= 0.3 is 0 Å². The van der Waals surface area contributed by atoms with Crippen molar-refractivity contribution in [2.75, 3.05) is 5.32 Å². The van der Waals surface area contributed by atoms with E-state index in [1.165, 1.54) is 24.3 Å². The van der Waals surface area contributed by atoms with Crippen molar-refractivity contribution in [3.63, 3.8) is 0 Å². The number of amides is 1. The molecule has 0 aliphatic carbocycles. The maximum absolute atomic E-state index is 12.7. The van der Waals surface area contributed by atoms with Gasteiger partial charge in [0.25, 0.3) is 11.6 Å². The highest BCUT2D eigenvalue weighted by Crippen LogP contribution is 2.27. The van der Waals surface area contributed by atoms with Crippen LogP contribution in [0.5, 0.6) is 0 Å². The van der Waals surface area contributed by atoms with Crippen LogP contribution in [0.1, 0.15) is 42.4 Å². The van der Waals surface area contributed by atoms with Crippen LogP contribution in [-0.4, -0.2) is 20.6 Å². The lowest BCUT2D eigenvalue weighted by molar-refractivity contribution is -0.384. The van der Waals surface area contributed by atoms with Gasteiger partial charge in [0.05, 0.1) is 16.3 Å². The number of carbonyl (C=O) groups is 1. The van der Waals surface area contributed by atoms with E-state index in [9.17, 15) is 14.9 Å². The van der Waals surface area contributed by atoms with Gasteiger partial charge in [-0.15, -0.1) is 0 Å². The number of nitro benzene ring substituents is 1. The number of anilines is 1. The molecule has 1 N–H and O–H groups in total. The van der Waals surface area contributed by atoms with Crippen molar-refractivity contribution in [1.29, 1.82) is 0 Å². The Hall–Kier alpha value is -3.48. The number of para-hydroxylation sites is 1. The van der Waals surface area contributed by atoms with Crippen molar-refractivity contribution in [2.45, 2.75) is 33.1 Å². The van der Waals surface area contributed by atoms with Crippen molar-refractivity contribution in [3.8, 4) is 5.69 Å². The summed E-state index contributed by atoms with van der Waals surface area (Å²) in [5.74, 6) is 0.188. The van der Waals surface area contributed by atoms with E-state index in [-0.39, 0.29) is 17.0 Å². The SMILES string of the molecule is Cc1ccccc1-n1nc(C(C)(C)C)cc1NC(=O)c1ccc([N+](=O)[O-])cc1. The molecule has 3 aromatic rings. The minimum atomic E-state index is -0.495. The van der Waals surface area contributed by atoms with Crippen molar-refractivity contribution in [1.82, 2.24) is 9.78 Å². The third-order valence-electron chi connectivity index (χ3n) is 4.40. The third-order valence-corrected chi connectivity index (χ3v) is 4.40. The number of nitrogens with one attached hydrogen (secondary N) is 1. The zero-order chi connectivity index (χ0) is 20.5. The first kappa shape index (κ1) is 19.3. The van der Waals surface area contributed by atoms with Gasteiger partial charge in [-0.05, 0) is 30.7 Å². The molecule has 0 unspecified atom stereocenters. The van der Waals surface area contributed by atoms with Gasteiger partial charge in [0.2, 0.25) is 0 Å². The van der Waals surface area contributed by atoms with E-state index in [0.29, 0.717) is 11.4 Å². The summed E-state index contributed by atoms with van der Waals surface area (Å²) in [5.41, 5.74) is 2.82. The van der Waals surface area contributed by atoms with Crippen LogP contribution >= 0.6 is 0 Å².